The van der Waals surface area contributed by atoms with Gasteiger partial charge in [-0.1, -0.05) is 30.0 Å². The Kier molecular flexibility index (Phi) is 5.53. The highest BCUT2D eigenvalue weighted by Gasteiger charge is 2.23. The van der Waals surface area contributed by atoms with Crippen molar-refractivity contribution in [3.8, 4) is 11.8 Å². The summed E-state index contributed by atoms with van der Waals surface area (Å²) in [6.45, 7) is 7.90. The van der Waals surface area contributed by atoms with Crippen LogP contribution in [0.15, 0.2) is 54.6 Å². The Balaban J connectivity index is 1.63. The molecule has 2 aromatic carbocycles. The van der Waals surface area contributed by atoms with Crippen LogP contribution in [0.3, 0.4) is 0 Å². The van der Waals surface area contributed by atoms with Crippen LogP contribution < -0.4 is 0 Å². The summed E-state index contributed by atoms with van der Waals surface area (Å²) in [5, 5.41) is 0. The van der Waals surface area contributed by atoms with E-state index in [1.165, 1.54) is 0 Å². The van der Waals surface area contributed by atoms with Gasteiger partial charge in [0.25, 0.3) is 5.91 Å². The van der Waals surface area contributed by atoms with Gasteiger partial charge in [-0.2, -0.15) is 0 Å². The van der Waals surface area contributed by atoms with Crippen LogP contribution in [0.25, 0.3) is 0 Å². The van der Waals surface area contributed by atoms with E-state index in [1.807, 2.05) is 59.5 Å². The number of piperazine rings is 1. The first-order valence-corrected chi connectivity index (χ1v) is 8.84. The van der Waals surface area contributed by atoms with Gasteiger partial charge in [0.05, 0.1) is 0 Å². The maximum Gasteiger partial charge on any atom is 0.253 e. The number of rotatable bonds is 2. The Morgan fingerprint density at radius 2 is 1.40 bits per heavy atom. The van der Waals surface area contributed by atoms with Gasteiger partial charge >= 0.3 is 0 Å². The van der Waals surface area contributed by atoms with Crippen molar-refractivity contribution in [2.24, 2.45) is 0 Å². The zero-order valence-electron chi connectivity index (χ0n) is 14.9. The molecular formula is C22H24N2O. The van der Waals surface area contributed by atoms with E-state index in [9.17, 15) is 4.79 Å². The molecular weight excluding hydrogens is 308 g/mol. The van der Waals surface area contributed by atoms with E-state index in [1.54, 1.807) is 0 Å². The van der Waals surface area contributed by atoms with E-state index in [2.05, 4.69) is 30.6 Å². The lowest BCUT2D eigenvalue weighted by molar-refractivity contribution is 0.0595. The lowest BCUT2D eigenvalue weighted by Gasteiger charge is -2.37. The highest BCUT2D eigenvalue weighted by Crippen LogP contribution is 2.12. The van der Waals surface area contributed by atoms with E-state index in [0.717, 1.165) is 42.9 Å². The largest absolute Gasteiger partial charge is 0.336 e. The second-order valence-corrected chi connectivity index (χ2v) is 6.62. The van der Waals surface area contributed by atoms with Crippen LogP contribution >= 0.6 is 0 Å². The molecule has 1 aliphatic heterocycles. The number of hydrogen-bond acceptors (Lipinski definition) is 2. The van der Waals surface area contributed by atoms with Crippen LogP contribution in [-0.2, 0) is 0 Å². The van der Waals surface area contributed by atoms with E-state index < -0.39 is 0 Å². The Hall–Kier alpha value is -2.57. The molecule has 1 amide bonds. The van der Waals surface area contributed by atoms with E-state index in [0.29, 0.717) is 6.04 Å². The molecule has 0 aromatic heterocycles. The Morgan fingerprint density at radius 3 is 1.96 bits per heavy atom. The van der Waals surface area contributed by atoms with Gasteiger partial charge in [0, 0.05) is 48.9 Å². The number of amides is 1. The summed E-state index contributed by atoms with van der Waals surface area (Å²) in [7, 11) is 0. The molecule has 0 radical (unpaired) electrons. The van der Waals surface area contributed by atoms with E-state index in [4.69, 9.17) is 0 Å². The normalized spacial score (nSPS) is 14.9. The van der Waals surface area contributed by atoms with Gasteiger partial charge in [0.2, 0.25) is 0 Å². The van der Waals surface area contributed by atoms with Crippen LogP contribution in [0.5, 0.6) is 0 Å². The predicted octanol–water partition coefficient (Wildman–Crippen LogP) is 3.25. The summed E-state index contributed by atoms with van der Waals surface area (Å²) in [6.07, 6.45) is 0. The van der Waals surface area contributed by atoms with Gasteiger partial charge in [-0.3, -0.25) is 9.69 Å². The Bertz CT molecular complexity index is 761. The number of nitrogens with zero attached hydrogens (tertiary/aromatic N) is 2. The summed E-state index contributed by atoms with van der Waals surface area (Å²) in [5.41, 5.74) is 2.65. The van der Waals surface area contributed by atoms with Crippen molar-refractivity contribution in [3.05, 3.63) is 71.3 Å². The first-order chi connectivity index (χ1) is 12.1. The fourth-order valence-electron chi connectivity index (χ4n) is 2.99. The molecule has 0 aliphatic carbocycles. The molecule has 0 saturated carbocycles. The lowest BCUT2D eigenvalue weighted by Crippen LogP contribution is -2.50. The molecule has 0 N–H and O–H groups in total. The van der Waals surface area contributed by atoms with Crippen molar-refractivity contribution in [2.45, 2.75) is 19.9 Å². The molecule has 0 spiro atoms. The molecule has 3 rings (SSSR count). The standard InChI is InChI=1S/C22H24N2O/c1-18(2)23-14-16-24(17-15-23)22(25)21-12-10-20(11-13-21)9-8-19-6-4-3-5-7-19/h3-7,10-13,18H,14-17H2,1-2H3. The van der Waals surface area contributed by atoms with Gasteiger partial charge < -0.3 is 4.90 Å². The third-order valence-corrected chi connectivity index (χ3v) is 4.59. The number of carbonyl (C=O) groups excluding carboxylic acids is 1. The smallest absolute Gasteiger partial charge is 0.253 e. The Labute approximate surface area is 150 Å². The lowest BCUT2D eigenvalue weighted by atomic mass is 10.1. The summed E-state index contributed by atoms with van der Waals surface area (Å²) in [4.78, 5) is 17.0. The first-order valence-electron chi connectivity index (χ1n) is 8.84. The van der Waals surface area contributed by atoms with Crippen molar-refractivity contribution in [3.63, 3.8) is 0 Å². The number of carbonyl (C=O) groups is 1. The topological polar surface area (TPSA) is 23.6 Å². The molecule has 3 heteroatoms. The highest BCUT2D eigenvalue weighted by molar-refractivity contribution is 5.94. The molecule has 3 nitrogen and oxygen atoms in total. The minimum Gasteiger partial charge on any atom is -0.336 e. The minimum absolute atomic E-state index is 0.117. The fourth-order valence-corrected chi connectivity index (χ4v) is 2.99. The molecule has 1 aliphatic rings. The molecule has 2 aromatic rings. The average molecular weight is 332 g/mol. The van der Waals surface area contributed by atoms with E-state index in [-0.39, 0.29) is 5.91 Å². The predicted molar refractivity (Wildman–Crippen MR) is 101 cm³/mol. The van der Waals surface area contributed by atoms with Crippen molar-refractivity contribution in [2.75, 3.05) is 26.2 Å². The highest BCUT2D eigenvalue weighted by atomic mass is 16.2. The van der Waals surface area contributed by atoms with Gasteiger partial charge in [-0.25, -0.2) is 0 Å². The average Bonchev–Trinajstić information content (AvgIpc) is 2.67. The van der Waals surface area contributed by atoms with Gasteiger partial charge in [0.1, 0.15) is 0 Å². The van der Waals surface area contributed by atoms with Crippen molar-refractivity contribution in [1.82, 2.24) is 9.80 Å². The molecule has 0 atom stereocenters. The van der Waals surface area contributed by atoms with Gasteiger partial charge in [0.15, 0.2) is 0 Å². The monoisotopic (exact) mass is 332 g/mol. The van der Waals surface area contributed by atoms with Crippen LogP contribution in [0.1, 0.15) is 35.3 Å². The maximum absolute atomic E-state index is 12.6. The summed E-state index contributed by atoms with van der Waals surface area (Å²) >= 11 is 0. The summed E-state index contributed by atoms with van der Waals surface area (Å²) in [5.74, 6) is 6.40. The molecule has 25 heavy (non-hydrogen) atoms. The van der Waals surface area contributed by atoms with Gasteiger partial charge in [-0.15, -0.1) is 0 Å². The van der Waals surface area contributed by atoms with E-state index >= 15 is 0 Å². The van der Waals surface area contributed by atoms with Gasteiger partial charge in [-0.05, 0) is 50.2 Å². The number of hydrogen-bond donors (Lipinski definition) is 0. The Morgan fingerprint density at radius 1 is 0.840 bits per heavy atom. The SMILES string of the molecule is CC(C)N1CCN(C(=O)c2ccc(C#Cc3ccccc3)cc2)CC1. The quantitative estimate of drug-likeness (QED) is 0.788. The molecule has 0 bridgehead atoms. The zero-order chi connectivity index (χ0) is 17.6. The third kappa shape index (κ3) is 4.49. The van der Waals surface area contributed by atoms with Crippen LogP contribution in [0.4, 0.5) is 0 Å². The second kappa shape index (κ2) is 8.00. The summed E-state index contributed by atoms with van der Waals surface area (Å²) in [6, 6.07) is 18.1. The van der Waals surface area contributed by atoms with Crippen molar-refractivity contribution >= 4 is 5.91 Å². The molecule has 1 fully saturated rings. The molecule has 0 unspecified atom stereocenters. The van der Waals surface area contributed by atoms with Crippen molar-refractivity contribution in [1.29, 1.82) is 0 Å². The summed E-state index contributed by atoms with van der Waals surface area (Å²) < 4.78 is 0. The maximum atomic E-state index is 12.6. The second-order valence-electron chi connectivity index (χ2n) is 6.62. The fraction of sp³-hybridized carbons (Fsp3) is 0.318. The molecule has 1 heterocycles. The minimum atomic E-state index is 0.117. The zero-order valence-corrected chi connectivity index (χ0v) is 14.9. The molecule has 1 saturated heterocycles. The third-order valence-electron chi connectivity index (χ3n) is 4.59. The number of benzene rings is 2. The van der Waals surface area contributed by atoms with Crippen molar-refractivity contribution < 1.29 is 4.79 Å². The molecule has 128 valence electrons. The van der Waals surface area contributed by atoms with Crippen LogP contribution in [-0.4, -0.2) is 47.9 Å². The van der Waals surface area contributed by atoms with Crippen LogP contribution in [0.2, 0.25) is 0 Å². The first kappa shape index (κ1) is 17.3. The van der Waals surface area contributed by atoms with Crippen LogP contribution in [0, 0.1) is 11.8 Å².